The van der Waals surface area contributed by atoms with E-state index in [0.29, 0.717) is 0 Å². The summed E-state index contributed by atoms with van der Waals surface area (Å²) in [4.78, 5) is 0. The second kappa shape index (κ2) is 14.8. The predicted molar refractivity (Wildman–Crippen MR) is 95.3 cm³/mol. The van der Waals surface area contributed by atoms with Gasteiger partial charge in [0.05, 0.1) is 20.1 Å². The van der Waals surface area contributed by atoms with Gasteiger partial charge in [0.1, 0.15) is 0 Å². The van der Waals surface area contributed by atoms with E-state index in [1.54, 1.807) is 0 Å². The topological polar surface area (TPSA) is 23.1 Å². The second-order valence-electron chi connectivity index (χ2n) is 6.99. The lowest BCUT2D eigenvalue weighted by Crippen LogP contribution is -2.38. The summed E-state index contributed by atoms with van der Waals surface area (Å²) >= 11 is 0. The molecule has 0 radical (unpaired) electrons. The van der Waals surface area contributed by atoms with Gasteiger partial charge in [-0.1, -0.05) is 84.5 Å². The first-order valence-electron chi connectivity index (χ1n) is 9.68. The first kappa shape index (κ1) is 20.9. The van der Waals surface area contributed by atoms with Gasteiger partial charge in [-0.2, -0.15) is 0 Å². The van der Waals surface area contributed by atoms with Gasteiger partial charge in [-0.25, -0.2) is 0 Å². The Hall–Kier alpha value is -0.0800. The van der Waals surface area contributed by atoms with Crippen molar-refractivity contribution in [2.45, 2.75) is 104 Å². The number of quaternary nitrogens is 1. The summed E-state index contributed by atoms with van der Waals surface area (Å²) in [5.41, 5.74) is 0. The van der Waals surface area contributed by atoms with Crippen LogP contribution in [-0.4, -0.2) is 24.8 Å². The van der Waals surface area contributed by atoms with Gasteiger partial charge in [0.25, 0.3) is 0 Å². The Balaban J connectivity index is 3.12. The van der Waals surface area contributed by atoms with E-state index >= 15 is 0 Å². The first-order chi connectivity index (χ1) is 10.1. The molecule has 0 aliphatic heterocycles. The third-order valence-electron chi connectivity index (χ3n) is 4.43. The summed E-state index contributed by atoms with van der Waals surface area (Å²) in [6, 6.07) is 0. The number of hydroxylamine groups is 3. The van der Waals surface area contributed by atoms with Crippen LogP contribution in [0.2, 0.25) is 0 Å². The van der Waals surface area contributed by atoms with E-state index in [2.05, 4.69) is 13.8 Å². The van der Waals surface area contributed by atoms with Crippen LogP contribution >= 0.6 is 0 Å². The fraction of sp³-hybridized carbons (Fsp3) is 1.00. The van der Waals surface area contributed by atoms with Gasteiger partial charge in [0, 0.05) is 0 Å². The molecule has 0 fully saturated rings. The van der Waals surface area contributed by atoms with Gasteiger partial charge in [0.15, 0.2) is 0 Å². The summed E-state index contributed by atoms with van der Waals surface area (Å²) < 4.78 is -0.0332. The Morgan fingerprint density at radius 3 is 1.29 bits per heavy atom. The van der Waals surface area contributed by atoms with Crippen LogP contribution in [0.4, 0.5) is 0 Å². The molecule has 2 heteroatoms. The molecular weight excluding hydrogens is 258 g/mol. The van der Waals surface area contributed by atoms with Gasteiger partial charge in [-0.15, -0.1) is 0 Å². The van der Waals surface area contributed by atoms with Crippen molar-refractivity contribution in [2.24, 2.45) is 0 Å². The van der Waals surface area contributed by atoms with Crippen molar-refractivity contribution in [3.63, 3.8) is 0 Å². The lowest BCUT2D eigenvalue weighted by Gasteiger charge is -2.38. The molecule has 0 aromatic heterocycles. The molecule has 0 spiro atoms. The molecule has 1 atom stereocenters. The summed E-state index contributed by atoms with van der Waals surface area (Å²) in [5.74, 6) is 0. The lowest BCUT2D eigenvalue weighted by atomic mass is 10.0. The van der Waals surface area contributed by atoms with E-state index in [1.807, 2.05) is 7.05 Å². The van der Waals surface area contributed by atoms with Crippen molar-refractivity contribution in [2.75, 3.05) is 20.1 Å². The number of rotatable bonds is 16. The monoisotopic (exact) mass is 299 g/mol. The molecule has 0 rings (SSSR count). The summed E-state index contributed by atoms with van der Waals surface area (Å²) in [5, 5.41) is 11.9. The maximum Gasteiger partial charge on any atom is 0.0781 e. The minimum absolute atomic E-state index is 0.0332. The second-order valence-corrected chi connectivity index (χ2v) is 6.99. The highest BCUT2D eigenvalue weighted by Crippen LogP contribution is 2.13. The Kier molecular flexibility index (Phi) is 14.8. The van der Waals surface area contributed by atoms with Crippen LogP contribution < -0.4 is 0 Å². The van der Waals surface area contributed by atoms with Crippen molar-refractivity contribution in [1.29, 1.82) is 0 Å². The molecule has 1 unspecified atom stereocenters. The molecule has 21 heavy (non-hydrogen) atoms. The maximum absolute atomic E-state index is 11.9. The van der Waals surface area contributed by atoms with Gasteiger partial charge < -0.3 is 9.85 Å². The molecule has 0 aliphatic rings. The summed E-state index contributed by atoms with van der Waals surface area (Å²) in [6.07, 6.45) is 18.8. The van der Waals surface area contributed by atoms with Crippen LogP contribution in [0.3, 0.4) is 0 Å². The van der Waals surface area contributed by atoms with Crippen LogP contribution in [0.5, 0.6) is 0 Å². The third kappa shape index (κ3) is 16.1. The quantitative estimate of drug-likeness (QED) is 0.183. The molecule has 0 heterocycles. The highest BCUT2D eigenvalue weighted by atomic mass is 16.5. The smallest absolute Gasteiger partial charge is 0.0781 e. The zero-order valence-corrected chi connectivity index (χ0v) is 15.2. The van der Waals surface area contributed by atoms with Crippen LogP contribution in [-0.2, 0) is 0 Å². The van der Waals surface area contributed by atoms with Crippen molar-refractivity contribution in [1.82, 2.24) is 0 Å². The Bertz CT molecular complexity index is 204. The van der Waals surface area contributed by atoms with E-state index in [-0.39, 0.29) is 4.65 Å². The van der Waals surface area contributed by atoms with Crippen molar-refractivity contribution in [3.05, 3.63) is 5.21 Å². The van der Waals surface area contributed by atoms with E-state index < -0.39 is 0 Å². The SMILES string of the molecule is CCCCCCCCCCCCCCC[N+](C)([O-])CCC. The average molecular weight is 300 g/mol. The van der Waals surface area contributed by atoms with E-state index in [0.717, 1.165) is 25.9 Å². The minimum atomic E-state index is -0.0332. The van der Waals surface area contributed by atoms with Crippen molar-refractivity contribution >= 4 is 0 Å². The van der Waals surface area contributed by atoms with Crippen molar-refractivity contribution < 1.29 is 4.65 Å². The summed E-state index contributed by atoms with van der Waals surface area (Å²) in [7, 11) is 1.82. The number of hydrogen-bond donors (Lipinski definition) is 0. The van der Waals surface area contributed by atoms with E-state index in [1.165, 1.54) is 77.0 Å². The largest absolute Gasteiger partial charge is 0.633 e. The van der Waals surface area contributed by atoms with E-state index in [4.69, 9.17) is 0 Å². The zero-order valence-electron chi connectivity index (χ0n) is 15.2. The van der Waals surface area contributed by atoms with Gasteiger partial charge in [-0.05, 0) is 19.3 Å². The Labute approximate surface area is 134 Å². The molecule has 0 bridgehead atoms. The number of nitrogens with zero attached hydrogens (tertiary/aromatic N) is 1. The van der Waals surface area contributed by atoms with Gasteiger partial charge in [0.2, 0.25) is 0 Å². The van der Waals surface area contributed by atoms with E-state index in [9.17, 15) is 5.21 Å². The molecule has 0 N–H and O–H groups in total. The van der Waals surface area contributed by atoms with Crippen molar-refractivity contribution in [3.8, 4) is 0 Å². The third-order valence-corrected chi connectivity index (χ3v) is 4.43. The van der Waals surface area contributed by atoms with Crippen LogP contribution in [0.1, 0.15) is 104 Å². The minimum Gasteiger partial charge on any atom is -0.633 e. The molecule has 2 nitrogen and oxygen atoms in total. The van der Waals surface area contributed by atoms with Gasteiger partial charge in [-0.3, -0.25) is 0 Å². The molecule has 0 aromatic carbocycles. The molecule has 0 amide bonds. The average Bonchev–Trinajstić information content (AvgIpc) is 2.44. The highest BCUT2D eigenvalue weighted by molar-refractivity contribution is 4.49. The Morgan fingerprint density at radius 2 is 0.905 bits per heavy atom. The molecule has 128 valence electrons. The first-order valence-corrected chi connectivity index (χ1v) is 9.68. The van der Waals surface area contributed by atoms with Crippen LogP contribution in [0, 0.1) is 5.21 Å². The lowest BCUT2D eigenvalue weighted by molar-refractivity contribution is -0.861. The number of hydrogen-bond acceptors (Lipinski definition) is 1. The Morgan fingerprint density at radius 1 is 0.524 bits per heavy atom. The maximum atomic E-state index is 11.9. The van der Waals surface area contributed by atoms with Crippen LogP contribution in [0.15, 0.2) is 0 Å². The summed E-state index contributed by atoms with van der Waals surface area (Å²) in [6.45, 7) is 5.96. The normalized spacial score (nSPS) is 14.3. The standard InChI is InChI=1S/C19H41NO/c1-4-6-7-8-9-10-11-12-13-14-15-16-17-19-20(3,21)18-5-2/h4-19H2,1-3H3. The highest BCUT2D eigenvalue weighted by Gasteiger charge is 2.07. The molecule has 0 aliphatic carbocycles. The molecule has 0 aromatic rings. The fourth-order valence-corrected chi connectivity index (χ4v) is 3.05. The molecule has 0 saturated carbocycles. The number of unbranched alkanes of at least 4 members (excludes halogenated alkanes) is 12. The zero-order chi connectivity index (χ0) is 15.8. The van der Waals surface area contributed by atoms with Gasteiger partial charge >= 0.3 is 0 Å². The van der Waals surface area contributed by atoms with Crippen LogP contribution in [0.25, 0.3) is 0 Å². The molecular formula is C19H41NO. The molecule has 0 saturated heterocycles. The predicted octanol–water partition coefficient (Wildman–Crippen LogP) is 6.43. The fourth-order valence-electron chi connectivity index (χ4n) is 3.05.